The van der Waals surface area contributed by atoms with E-state index < -0.39 is 24.9 Å². The Morgan fingerprint density at radius 1 is 0.810 bits per heavy atom. The van der Waals surface area contributed by atoms with Crippen LogP contribution in [0.15, 0.2) is 83.7 Å². The van der Waals surface area contributed by atoms with E-state index in [-0.39, 0.29) is 68.9 Å². The number of nitrogens with zero attached hydrogens (tertiary/aromatic N) is 5. The lowest BCUT2D eigenvalue weighted by Crippen LogP contribution is -2.10. The predicted molar refractivity (Wildman–Crippen MR) is 145 cm³/mol. The van der Waals surface area contributed by atoms with Crippen LogP contribution in [0.1, 0.15) is 0 Å². The minimum atomic E-state index is -4.71. The van der Waals surface area contributed by atoms with Gasteiger partial charge in [-0.1, -0.05) is 10.1 Å². The summed E-state index contributed by atoms with van der Waals surface area (Å²) in [6, 6.07) is 10.0. The maximum Gasteiger partial charge on any atom is 0.296 e. The van der Waals surface area contributed by atoms with Gasteiger partial charge in [0.1, 0.15) is 22.0 Å². The third-order valence-electron chi connectivity index (χ3n) is 4.68. The molecule has 1 heterocycles. The summed E-state index contributed by atoms with van der Waals surface area (Å²) in [7, 11) is -8.42. The molecule has 0 bridgehead atoms. The largest absolute Gasteiger partial charge is 0.382 e. The van der Waals surface area contributed by atoms with Crippen molar-refractivity contribution >= 4 is 78.7 Å². The van der Waals surface area contributed by atoms with Crippen molar-refractivity contribution < 1.29 is 54.8 Å². The van der Waals surface area contributed by atoms with Crippen LogP contribution < -0.4 is 11.5 Å². The van der Waals surface area contributed by atoms with Crippen LogP contribution in [0.3, 0.4) is 0 Å². The first-order valence-electron chi connectivity index (χ1n) is 10.7. The number of anilines is 2. The van der Waals surface area contributed by atoms with E-state index in [4.69, 9.17) is 26.2 Å². The van der Waals surface area contributed by atoms with E-state index in [2.05, 4.69) is 44.2 Å². The highest BCUT2D eigenvalue weighted by Crippen LogP contribution is 2.35. The molecule has 1 aromatic heterocycles. The Hall–Kier alpha value is -3.33. The van der Waals surface area contributed by atoms with E-state index in [9.17, 15) is 21.4 Å². The molecule has 0 radical (unpaired) electrons. The number of azo groups is 2. The van der Waals surface area contributed by atoms with Crippen LogP contribution in [0.25, 0.3) is 0 Å². The number of hydrogen-bond donors (Lipinski definition) is 5. The molecule has 42 heavy (non-hydrogen) atoms. The number of pyridine rings is 1. The molecule has 2 aromatic carbocycles. The van der Waals surface area contributed by atoms with Gasteiger partial charge in [-0.15, -0.1) is 24.0 Å². The van der Waals surface area contributed by atoms with Crippen molar-refractivity contribution in [2.75, 3.05) is 23.8 Å². The standard InChI is InChI=1S/C19H19N7O12S4/c20-18-15(25-23-11-1-4-13(5-2-11)41(29,30)8-7-34-40-38-36-28)10-16(19(21)22-18)26-24-14-9-12(39-37-35-27)3-6-17(14)42(31,32)33/h1-6,9-10,27-28H,7-8H2,(H4,20,21,22)(H,31,32,33)/b25-23+,26-24+. The minimum Gasteiger partial charge on any atom is -0.382 e. The van der Waals surface area contributed by atoms with Gasteiger partial charge < -0.3 is 11.5 Å². The lowest BCUT2D eigenvalue weighted by Gasteiger charge is -2.06. The van der Waals surface area contributed by atoms with E-state index in [0.717, 1.165) is 12.1 Å². The Balaban J connectivity index is 1.81. The van der Waals surface area contributed by atoms with Crippen LogP contribution in [-0.2, 0) is 42.9 Å². The van der Waals surface area contributed by atoms with Crippen LogP contribution in [-0.4, -0.2) is 49.2 Å². The molecule has 0 fully saturated rings. The second kappa shape index (κ2) is 15.2. The summed E-state index contributed by atoms with van der Waals surface area (Å²) >= 11 is 0.762. The molecule has 0 saturated carbocycles. The third kappa shape index (κ3) is 9.61. The van der Waals surface area contributed by atoms with Crippen molar-refractivity contribution in [2.45, 2.75) is 14.7 Å². The zero-order valence-corrected chi connectivity index (χ0v) is 23.8. The summed E-state index contributed by atoms with van der Waals surface area (Å²) in [6.45, 7) is -0.254. The summed E-state index contributed by atoms with van der Waals surface area (Å²) in [5.41, 5.74) is 11.5. The first-order valence-corrected chi connectivity index (χ1v) is 15.2. The van der Waals surface area contributed by atoms with E-state index in [0.29, 0.717) is 12.0 Å². The first-order chi connectivity index (χ1) is 19.9. The van der Waals surface area contributed by atoms with Gasteiger partial charge in [-0.3, -0.25) is 8.74 Å². The molecular weight excluding hydrogens is 647 g/mol. The molecular formula is C19H19N7O12S4. The molecule has 0 spiro atoms. The van der Waals surface area contributed by atoms with Crippen molar-refractivity contribution in [3.63, 3.8) is 0 Å². The molecule has 0 aliphatic carbocycles. The highest BCUT2D eigenvalue weighted by atomic mass is 32.2. The molecule has 3 aromatic rings. The molecule has 0 aliphatic heterocycles. The monoisotopic (exact) mass is 665 g/mol. The minimum absolute atomic E-state index is 0.00798. The molecule has 226 valence electrons. The maximum absolute atomic E-state index is 12.4. The topological polar surface area (TPSA) is 289 Å². The van der Waals surface area contributed by atoms with Crippen LogP contribution in [0.4, 0.5) is 34.4 Å². The third-order valence-corrected chi connectivity index (χ3v) is 8.23. The Kier molecular flexibility index (Phi) is 12.0. The van der Waals surface area contributed by atoms with Gasteiger partial charge in [-0.25, -0.2) is 23.9 Å². The number of nitrogen functional groups attached to an aromatic ring is 2. The summed E-state index contributed by atoms with van der Waals surface area (Å²) in [5, 5.41) is 38.8. The molecule has 19 nitrogen and oxygen atoms in total. The molecule has 0 unspecified atom stereocenters. The Morgan fingerprint density at radius 2 is 1.43 bits per heavy atom. The zero-order valence-electron chi connectivity index (χ0n) is 20.6. The second-order valence-corrected chi connectivity index (χ2v) is 12.2. The highest BCUT2D eigenvalue weighted by molar-refractivity contribution is 7.94. The van der Waals surface area contributed by atoms with Gasteiger partial charge in [0.05, 0.1) is 35.0 Å². The second-order valence-electron chi connectivity index (χ2n) is 7.37. The highest BCUT2D eigenvalue weighted by Gasteiger charge is 2.18. The molecule has 0 amide bonds. The fourth-order valence-corrected chi connectivity index (χ4v) is 5.26. The average molecular weight is 666 g/mol. The Bertz CT molecular complexity index is 1660. The molecule has 0 saturated heterocycles. The van der Waals surface area contributed by atoms with Crippen LogP contribution in [0.5, 0.6) is 0 Å². The Labute approximate surface area is 245 Å². The number of hydrogen-bond acceptors (Lipinski definition) is 20. The van der Waals surface area contributed by atoms with Gasteiger partial charge >= 0.3 is 0 Å². The molecule has 0 aliphatic rings. The quantitative estimate of drug-likeness (QED) is 0.0372. The summed E-state index contributed by atoms with van der Waals surface area (Å²) in [6.07, 6.45) is 0. The number of aromatic nitrogens is 1. The number of benzene rings is 2. The summed E-state index contributed by atoms with van der Waals surface area (Å²) in [5.74, 6) is -0.722. The zero-order chi connectivity index (χ0) is 30.8. The van der Waals surface area contributed by atoms with Crippen molar-refractivity contribution in [1.82, 2.24) is 4.98 Å². The van der Waals surface area contributed by atoms with Crippen molar-refractivity contribution in [3.05, 3.63) is 48.5 Å². The molecule has 3 rings (SSSR count). The van der Waals surface area contributed by atoms with Gasteiger partial charge in [0.15, 0.2) is 33.8 Å². The Morgan fingerprint density at radius 3 is 2.05 bits per heavy atom. The van der Waals surface area contributed by atoms with Crippen LogP contribution >= 0.6 is 24.4 Å². The van der Waals surface area contributed by atoms with Crippen LogP contribution in [0, 0.1) is 0 Å². The fraction of sp³-hybridized carbons (Fsp3) is 0.105. The van der Waals surface area contributed by atoms with Crippen molar-refractivity contribution in [2.24, 2.45) is 20.5 Å². The number of sulfone groups is 1. The lowest BCUT2D eigenvalue weighted by molar-refractivity contribution is -0.434. The smallest absolute Gasteiger partial charge is 0.296 e. The molecule has 0 atom stereocenters. The van der Waals surface area contributed by atoms with Gasteiger partial charge in [-0.05, 0) is 42.5 Å². The summed E-state index contributed by atoms with van der Waals surface area (Å²) in [4.78, 5) is 3.52. The van der Waals surface area contributed by atoms with E-state index >= 15 is 0 Å². The number of nitrogens with two attached hydrogens (primary N) is 2. The van der Waals surface area contributed by atoms with Gasteiger partial charge in [0.2, 0.25) is 0 Å². The SMILES string of the molecule is Nc1nc(N)c(/N=N/c2cc(SOOO)ccc2S(=O)(=O)O)cc1/N=N/c1ccc(S(=O)(=O)CCOSOOO)cc1. The molecule has 23 heteroatoms. The molecule has 7 N–H and O–H groups in total. The number of rotatable bonds is 15. The predicted octanol–water partition coefficient (Wildman–Crippen LogP) is 4.53. The van der Waals surface area contributed by atoms with Crippen molar-refractivity contribution in [1.29, 1.82) is 0 Å². The van der Waals surface area contributed by atoms with Crippen LogP contribution in [0.2, 0.25) is 0 Å². The summed E-state index contributed by atoms with van der Waals surface area (Å²) < 4.78 is 70.8. The normalized spacial score (nSPS) is 12.5. The van der Waals surface area contributed by atoms with E-state index in [1.807, 2.05) is 0 Å². The lowest BCUT2D eigenvalue weighted by atomic mass is 10.3. The van der Waals surface area contributed by atoms with Gasteiger partial charge in [-0.2, -0.15) is 13.5 Å². The van der Waals surface area contributed by atoms with Gasteiger partial charge in [0, 0.05) is 11.0 Å². The maximum atomic E-state index is 12.4. The van der Waals surface area contributed by atoms with E-state index in [1.165, 1.54) is 36.4 Å². The van der Waals surface area contributed by atoms with Gasteiger partial charge in [0.25, 0.3) is 10.1 Å². The fourth-order valence-electron chi connectivity index (χ4n) is 2.85. The first kappa shape index (κ1) is 33.2. The van der Waals surface area contributed by atoms with E-state index in [1.54, 1.807) is 0 Å². The van der Waals surface area contributed by atoms with Crippen molar-refractivity contribution in [3.8, 4) is 0 Å². The average Bonchev–Trinajstić information content (AvgIpc) is 2.94.